The predicted molar refractivity (Wildman–Crippen MR) is 88.4 cm³/mol. The molecule has 0 saturated heterocycles. The Morgan fingerprint density at radius 1 is 1.08 bits per heavy atom. The largest absolute Gasteiger partial charge is 0.489 e. The quantitative estimate of drug-likeness (QED) is 0.902. The minimum atomic E-state index is -0.0309. The molecule has 0 radical (unpaired) electrons. The molecule has 0 fully saturated rings. The lowest BCUT2D eigenvalue weighted by Gasteiger charge is -2.27. The first-order valence-corrected chi connectivity index (χ1v) is 7.91. The first-order chi connectivity index (χ1) is 11.8. The summed E-state index contributed by atoms with van der Waals surface area (Å²) in [6, 6.07) is 13.4. The Kier molecular flexibility index (Phi) is 3.86. The molecule has 2 N–H and O–H groups in total. The minimum absolute atomic E-state index is 0.0202. The van der Waals surface area contributed by atoms with Crippen LogP contribution in [0.1, 0.15) is 12.0 Å². The van der Waals surface area contributed by atoms with Gasteiger partial charge in [-0.15, -0.1) is 0 Å². The summed E-state index contributed by atoms with van der Waals surface area (Å²) in [4.78, 5) is 12.2. The summed E-state index contributed by atoms with van der Waals surface area (Å²) in [7, 11) is 0. The minimum Gasteiger partial charge on any atom is -0.489 e. The van der Waals surface area contributed by atoms with E-state index in [0.29, 0.717) is 19.6 Å². The molecule has 2 aliphatic rings. The van der Waals surface area contributed by atoms with Gasteiger partial charge in [-0.2, -0.15) is 0 Å². The van der Waals surface area contributed by atoms with Gasteiger partial charge in [0.1, 0.15) is 12.4 Å². The maximum absolute atomic E-state index is 12.2. The zero-order valence-corrected chi connectivity index (χ0v) is 13.1. The number of nitrogens with one attached hydrogen (secondary N) is 2. The second kappa shape index (κ2) is 6.31. The standard InChI is InChI=1S/C18H18N2O4/c21-18(8-13-10-22-15-4-2-1-3-14(15)20-13)19-9-12-5-6-16-17(7-12)24-11-23-16/h1-7,13,20H,8-11H2,(H,19,21)/t13-/m0/s1. The molecule has 124 valence electrons. The molecule has 6 nitrogen and oxygen atoms in total. The number of ether oxygens (including phenoxy) is 3. The molecule has 0 unspecified atom stereocenters. The maximum Gasteiger partial charge on any atom is 0.231 e. The van der Waals surface area contributed by atoms with Crippen LogP contribution in [0.5, 0.6) is 17.2 Å². The van der Waals surface area contributed by atoms with E-state index in [9.17, 15) is 4.79 Å². The molecule has 0 bridgehead atoms. The Hall–Kier alpha value is -2.89. The molecule has 2 aromatic rings. The van der Waals surface area contributed by atoms with Gasteiger partial charge in [-0.25, -0.2) is 0 Å². The molecule has 6 heteroatoms. The average molecular weight is 326 g/mol. The summed E-state index contributed by atoms with van der Waals surface area (Å²) in [6.45, 7) is 1.19. The van der Waals surface area contributed by atoms with E-state index in [1.165, 1.54) is 0 Å². The Labute approximate surface area is 139 Å². The summed E-state index contributed by atoms with van der Waals surface area (Å²) in [5, 5.41) is 6.27. The topological polar surface area (TPSA) is 68.8 Å². The lowest BCUT2D eigenvalue weighted by atomic mass is 10.1. The molecule has 0 aliphatic carbocycles. The lowest BCUT2D eigenvalue weighted by molar-refractivity contribution is -0.121. The maximum atomic E-state index is 12.2. The van der Waals surface area contributed by atoms with Crippen LogP contribution in [0.4, 0.5) is 5.69 Å². The highest BCUT2D eigenvalue weighted by molar-refractivity contribution is 5.77. The van der Waals surface area contributed by atoms with Crippen molar-refractivity contribution >= 4 is 11.6 Å². The van der Waals surface area contributed by atoms with Crippen molar-refractivity contribution in [1.82, 2.24) is 5.32 Å². The van der Waals surface area contributed by atoms with Crippen molar-refractivity contribution in [3.05, 3.63) is 48.0 Å². The molecule has 4 rings (SSSR count). The summed E-state index contributed by atoms with van der Waals surface area (Å²) < 4.78 is 16.3. The predicted octanol–water partition coefficient (Wildman–Crippen LogP) is 2.29. The van der Waals surface area contributed by atoms with Crippen LogP contribution in [-0.2, 0) is 11.3 Å². The van der Waals surface area contributed by atoms with Gasteiger partial charge in [0.2, 0.25) is 12.7 Å². The Bertz CT molecular complexity index is 762. The van der Waals surface area contributed by atoms with Gasteiger partial charge < -0.3 is 24.8 Å². The summed E-state index contributed by atoms with van der Waals surface area (Å²) in [5.41, 5.74) is 1.91. The third-order valence-electron chi connectivity index (χ3n) is 4.05. The number of para-hydroxylation sites is 2. The van der Waals surface area contributed by atoms with Crippen LogP contribution in [0.15, 0.2) is 42.5 Å². The molecule has 1 atom stereocenters. The van der Waals surface area contributed by atoms with E-state index in [0.717, 1.165) is 28.5 Å². The van der Waals surface area contributed by atoms with Crippen LogP contribution >= 0.6 is 0 Å². The molecule has 2 aliphatic heterocycles. The zero-order chi connectivity index (χ0) is 16.4. The summed E-state index contributed by atoms with van der Waals surface area (Å²) >= 11 is 0. The van der Waals surface area contributed by atoms with E-state index in [1.807, 2.05) is 42.5 Å². The first kappa shape index (κ1) is 14.7. The highest BCUT2D eigenvalue weighted by Gasteiger charge is 2.21. The van der Waals surface area contributed by atoms with Gasteiger partial charge in [-0.05, 0) is 29.8 Å². The van der Waals surface area contributed by atoms with Crippen molar-refractivity contribution in [2.45, 2.75) is 19.0 Å². The highest BCUT2D eigenvalue weighted by atomic mass is 16.7. The molecule has 0 saturated carbocycles. The molecule has 1 amide bonds. The lowest BCUT2D eigenvalue weighted by Crippen LogP contribution is -2.37. The van der Waals surface area contributed by atoms with Crippen molar-refractivity contribution < 1.29 is 19.0 Å². The second-order valence-corrected chi connectivity index (χ2v) is 5.82. The third-order valence-corrected chi connectivity index (χ3v) is 4.05. The van der Waals surface area contributed by atoms with Crippen LogP contribution in [0.2, 0.25) is 0 Å². The Balaban J connectivity index is 1.30. The van der Waals surface area contributed by atoms with Crippen LogP contribution in [0, 0.1) is 0 Å². The fourth-order valence-corrected chi connectivity index (χ4v) is 2.82. The molecular weight excluding hydrogens is 308 g/mol. The number of benzene rings is 2. The number of fused-ring (bicyclic) bond motifs is 2. The van der Waals surface area contributed by atoms with Crippen LogP contribution in [-0.4, -0.2) is 25.3 Å². The molecular formula is C18H18N2O4. The number of hydrogen-bond acceptors (Lipinski definition) is 5. The Morgan fingerprint density at radius 3 is 2.92 bits per heavy atom. The summed E-state index contributed by atoms with van der Waals surface area (Å²) in [5.74, 6) is 2.27. The Morgan fingerprint density at radius 2 is 1.96 bits per heavy atom. The summed E-state index contributed by atoms with van der Waals surface area (Å²) in [6.07, 6.45) is 0.360. The smallest absolute Gasteiger partial charge is 0.231 e. The van der Waals surface area contributed by atoms with E-state index in [4.69, 9.17) is 14.2 Å². The highest BCUT2D eigenvalue weighted by Crippen LogP contribution is 2.32. The van der Waals surface area contributed by atoms with Gasteiger partial charge >= 0.3 is 0 Å². The number of anilines is 1. The van der Waals surface area contributed by atoms with Crippen molar-refractivity contribution in [2.75, 3.05) is 18.7 Å². The van der Waals surface area contributed by atoms with Crippen molar-refractivity contribution in [1.29, 1.82) is 0 Å². The first-order valence-electron chi connectivity index (χ1n) is 7.91. The van der Waals surface area contributed by atoms with Gasteiger partial charge in [-0.3, -0.25) is 4.79 Å². The third kappa shape index (κ3) is 3.08. The molecule has 24 heavy (non-hydrogen) atoms. The van der Waals surface area contributed by atoms with E-state index in [2.05, 4.69) is 10.6 Å². The van der Waals surface area contributed by atoms with Gasteiger partial charge in [0.05, 0.1) is 18.2 Å². The van der Waals surface area contributed by atoms with Crippen molar-refractivity contribution in [3.63, 3.8) is 0 Å². The second-order valence-electron chi connectivity index (χ2n) is 5.82. The van der Waals surface area contributed by atoms with Crippen molar-refractivity contribution in [2.24, 2.45) is 0 Å². The van der Waals surface area contributed by atoms with E-state index >= 15 is 0 Å². The number of rotatable bonds is 4. The van der Waals surface area contributed by atoms with Gasteiger partial charge in [0.25, 0.3) is 0 Å². The fraction of sp³-hybridized carbons (Fsp3) is 0.278. The fourth-order valence-electron chi connectivity index (χ4n) is 2.82. The van der Waals surface area contributed by atoms with E-state index in [1.54, 1.807) is 0 Å². The number of carbonyl (C=O) groups excluding carboxylic acids is 1. The normalized spacial score (nSPS) is 17.4. The molecule has 0 spiro atoms. The SMILES string of the molecule is O=C(C[C@H]1COc2ccccc2N1)NCc1ccc2c(c1)OCO2. The average Bonchev–Trinajstić information content (AvgIpc) is 3.07. The number of hydrogen-bond donors (Lipinski definition) is 2. The van der Waals surface area contributed by atoms with E-state index in [-0.39, 0.29) is 18.7 Å². The van der Waals surface area contributed by atoms with Crippen LogP contribution < -0.4 is 24.8 Å². The van der Waals surface area contributed by atoms with Gasteiger partial charge in [0, 0.05) is 6.54 Å². The van der Waals surface area contributed by atoms with E-state index < -0.39 is 0 Å². The van der Waals surface area contributed by atoms with Crippen LogP contribution in [0.25, 0.3) is 0 Å². The van der Waals surface area contributed by atoms with Gasteiger partial charge in [-0.1, -0.05) is 18.2 Å². The zero-order valence-electron chi connectivity index (χ0n) is 13.1. The van der Waals surface area contributed by atoms with Crippen LogP contribution in [0.3, 0.4) is 0 Å². The van der Waals surface area contributed by atoms with Gasteiger partial charge in [0.15, 0.2) is 11.5 Å². The number of carbonyl (C=O) groups is 1. The molecule has 2 heterocycles. The number of amides is 1. The van der Waals surface area contributed by atoms with Crippen molar-refractivity contribution in [3.8, 4) is 17.2 Å². The molecule has 2 aromatic carbocycles. The molecule has 0 aromatic heterocycles. The monoisotopic (exact) mass is 326 g/mol.